The van der Waals surface area contributed by atoms with Crippen LogP contribution in [-0.2, 0) is 4.74 Å². The Bertz CT molecular complexity index is 595. The summed E-state index contributed by atoms with van der Waals surface area (Å²) >= 11 is 0. The molecule has 0 amide bonds. The van der Waals surface area contributed by atoms with E-state index in [1.54, 1.807) is 7.11 Å². The standard InChI is InChI=1S/C24H40F3NO/c1-15(10-13-29-3)19-6-7-20-17-9-12-23(28)14-16(24(25,26)27)4-5-21(23)18(17)8-11-22(19,20)2/h15-21H,4-14,28H2,1-3H3/t15-,16?,17?,18?,19?,20?,21?,22?,23?/m1/s1. The van der Waals surface area contributed by atoms with Crippen molar-refractivity contribution in [2.45, 2.75) is 89.8 Å². The molecule has 8 unspecified atom stereocenters. The van der Waals surface area contributed by atoms with Gasteiger partial charge in [0, 0.05) is 19.3 Å². The molecular weight excluding hydrogens is 375 g/mol. The fraction of sp³-hybridized carbons (Fsp3) is 1.00. The van der Waals surface area contributed by atoms with Gasteiger partial charge >= 0.3 is 6.18 Å². The first-order valence-corrected chi connectivity index (χ1v) is 11.9. The summed E-state index contributed by atoms with van der Waals surface area (Å²) < 4.78 is 45.5. The van der Waals surface area contributed by atoms with Gasteiger partial charge in [-0.3, -0.25) is 0 Å². The van der Waals surface area contributed by atoms with Crippen LogP contribution in [0.5, 0.6) is 0 Å². The predicted molar refractivity (Wildman–Crippen MR) is 109 cm³/mol. The minimum atomic E-state index is -4.09. The van der Waals surface area contributed by atoms with E-state index < -0.39 is 17.6 Å². The van der Waals surface area contributed by atoms with E-state index in [1.165, 1.54) is 25.7 Å². The lowest BCUT2D eigenvalue weighted by Crippen LogP contribution is -2.61. The van der Waals surface area contributed by atoms with Crippen LogP contribution in [-0.4, -0.2) is 25.4 Å². The summed E-state index contributed by atoms with van der Waals surface area (Å²) in [5.74, 6) is 2.52. The topological polar surface area (TPSA) is 35.2 Å². The van der Waals surface area contributed by atoms with Crippen LogP contribution in [0.4, 0.5) is 13.2 Å². The Balaban J connectivity index is 1.49. The minimum absolute atomic E-state index is 0.156. The molecule has 4 saturated carbocycles. The molecule has 4 aliphatic carbocycles. The molecule has 0 aromatic rings. The van der Waals surface area contributed by atoms with Crippen molar-refractivity contribution in [1.82, 2.24) is 0 Å². The lowest BCUT2D eigenvalue weighted by molar-refractivity contribution is -0.199. The Morgan fingerprint density at radius 3 is 2.34 bits per heavy atom. The van der Waals surface area contributed by atoms with E-state index in [1.807, 2.05) is 0 Å². The van der Waals surface area contributed by atoms with Crippen LogP contribution in [0.3, 0.4) is 0 Å². The van der Waals surface area contributed by atoms with E-state index in [0.29, 0.717) is 35.5 Å². The van der Waals surface area contributed by atoms with Crippen molar-refractivity contribution in [3.05, 3.63) is 0 Å². The highest BCUT2D eigenvalue weighted by molar-refractivity contribution is 5.11. The highest BCUT2D eigenvalue weighted by Gasteiger charge is 2.61. The second kappa shape index (κ2) is 7.69. The van der Waals surface area contributed by atoms with E-state index in [9.17, 15) is 13.2 Å². The number of alkyl halides is 3. The Morgan fingerprint density at radius 2 is 1.66 bits per heavy atom. The molecule has 4 rings (SSSR count). The molecule has 4 aliphatic rings. The van der Waals surface area contributed by atoms with Gasteiger partial charge in [-0.1, -0.05) is 13.8 Å². The number of rotatable bonds is 4. The van der Waals surface area contributed by atoms with Gasteiger partial charge in [0.1, 0.15) is 0 Å². The molecule has 168 valence electrons. The monoisotopic (exact) mass is 415 g/mol. The zero-order valence-electron chi connectivity index (χ0n) is 18.4. The largest absolute Gasteiger partial charge is 0.391 e. The van der Waals surface area contributed by atoms with E-state index in [-0.39, 0.29) is 12.8 Å². The van der Waals surface area contributed by atoms with Crippen LogP contribution in [0.15, 0.2) is 0 Å². The van der Waals surface area contributed by atoms with Gasteiger partial charge < -0.3 is 10.5 Å². The first-order valence-electron chi connectivity index (χ1n) is 11.9. The van der Waals surface area contributed by atoms with Crippen molar-refractivity contribution in [1.29, 1.82) is 0 Å². The Hall–Kier alpha value is -0.290. The molecule has 0 spiro atoms. The quantitative estimate of drug-likeness (QED) is 0.594. The van der Waals surface area contributed by atoms with E-state index in [0.717, 1.165) is 37.7 Å². The molecule has 0 radical (unpaired) electrons. The third-order valence-corrected chi connectivity index (χ3v) is 10.1. The lowest BCUT2D eigenvalue weighted by Gasteiger charge is -2.60. The number of hydrogen-bond donors (Lipinski definition) is 1. The number of methoxy groups -OCH3 is 1. The summed E-state index contributed by atoms with van der Waals surface area (Å²) in [7, 11) is 1.78. The van der Waals surface area contributed by atoms with Crippen molar-refractivity contribution < 1.29 is 17.9 Å². The molecule has 29 heavy (non-hydrogen) atoms. The number of fused-ring (bicyclic) bond motifs is 5. The fourth-order valence-electron chi connectivity index (χ4n) is 8.73. The molecule has 2 N–H and O–H groups in total. The van der Waals surface area contributed by atoms with Crippen molar-refractivity contribution >= 4 is 0 Å². The summed E-state index contributed by atoms with van der Waals surface area (Å²) in [6, 6.07) is 0. The van der Waals surface area contributed by atoms with Gasteiger partial charge in [0.25, 0.3) is 0 Å². The average Bonchev–Trinajstić information content (AvgIpc) is 3.01. The third-order valence-electron chi connectivity index (χ3n) is 10.1. The maximum absolute atomic E-state index is 13.4. The molecule has 4 fully saturated rings. The normalized spacial score (nSPS) is 48.5. The van der Waals surface area contributed by atoms with Crippen LogP contribution in [0.25, 0.3) is 0 Å². The molecule has 0 aliphatic heterocycles. The highest BCUT2D eigenvalue weighted by atomic mass is 19.4. The van der Waals surface area contributed by atoms with Gasteiger partial charge in [0.05, 0.1) is 5.92 Å². The maximum atomic E-state index is 13.4. The summed E-state index contributed by atoms with van der Waals surface area (Å²) in [5, 5.41) is 0. The zero-order valence-corrected chi connectivity index (χ0v) is 18.4. The molecule has 2 nitrogen and oxygen atoms in total. The smallest absolute Gasteiger partial charge is 0.385 e. The molecule has 0 heterocycles. The fourth-order valence-corrected chi connectivity index (χ4v) is 8.73. The van der Waals surface area contributed by atoms with E-state index >= 15 is 0 Å². The van der Waals surface area contributed by atoms with Crippen molar-refractivity contribution in [2.75, 3.05) is 13.7 Å². The molecule has 5 heteroatoms. The SMILES string of the molecule is COCC[C@@H](C)C1CCC2C3CCC4(N)CC(C(F)(F)F)CCC4C3CCC21C. The van der Waals surface area contributed by atoms with Gasteiger partial charge in [-0.2, -0.15) is 13.2 Å². The number of halogens is 3. The number of ether oxygens (including phenoxy) is 1. The Morgan fingerprint density at radius 1 is 1.00 bits per heavy atom. The summed E-state index contributed by atoms with van der Waals surface area (Å²) in [6.07, 6.45) is 5.02. The molecule has 0 aromatic heterocycles. The van der Waals surface area contributed by atoms with Crippen LogP contribution >= 0.6 is 0 Å². The zero-order chi connectivity index (χ0) is 21.0. The Kier molecular flexibility index (Phi) is 5.81. The molecule has 0 bridgehead atoms. The third kappa shape index (κ3) is 3.66. The van der Waals surface area contributed by atoms with Gasteiger partial charge in [-0.25, -0.2) is 0 Å². The summed E-state index contributed by atoms with van der Waals surface area (Å²) in [6.45, 7) is 5.76. The first kappa shape index (κ1) is 21.9. The molecule has 0 aromatic carbocycles. The summed E-state index contributed by atoms with van der Waals surface area (Å²) in [5.41, 5.74) is 6.55. The van der Waals surface area contributed by atoms with E-state index in [4.69, 9.17) is 10.5 Å². The van der Waals surface area contributed by atoms with Crippen LogP contribution in [0, 0.1) is 46.8 Å². The Labute approximate surface area is 174 Å². The average molecular weight is 416 g/mol. The van der Waals surface area contributed by atoms with Gasteiger partial charge in [-0.05, 0) is 105 Å². The van der Waals surface area contributed by atoms with Gasteiger partial charge in [-0.15, -0.1) is 0 Å². The number of nitrogens with two attached hydrogens (primary N) is 1. The molecule has 0 saturated heterocycles. The van der Waals surface area contributed by atoms with Crippen molar-refractivity contribution in [2.24, 2.45) is 52.6 Å². The second-order valence-electron chi connectivity index (χ2n) is 11.3. The van der Waals surface area contributed by atoms with Crippen LogP contribution < -0.4 is 5.73 Å². The second-order valence-corrected chi connectivity index (χ2v) is 11.3. The number of hydrogen-bond acceptors (Lipinski definition) is 2. The van der Waals surface area contributed by atoms with Gasteiger partial charge in [0.15, 0.2) is 0 Å². The molecule has 9 atom stereocenters. The van der Waals surface area contributed by atoms with Crippen LogP contribution in [0.1, 0.15) is 78.1 Å². The van der Waals surface area contributed by atoms with Crippen molar-refractivity contribution in [3.8, 4) is 0 Å². The van der Waals surface area contributed by atoms with Gasteiger partial charge in [0.2, 0.25) is 0 Å². The maximum Gasteiger partial charge on any atom is 0.391 e. The van der Waals surface area contributed by atoms with E-state index in [2.05, 4.69) is 13.8 Å². The summed E-state index contributed by atoms with van der Waals surface area (Å²) in [4.78, 5) is 0. The van der Waals surface area contributed by atoms with Crippen molar-refractivity contribution in [3.63, 3.8) is 0 Å². The lowest BCUT2D eigenvalue weighted by atomic mass is 9.47. The minimum Gasteiger partial charge on any atom is -0.385 e. The predicted octanol–water partition coefficient (Wildman–Crippen LogP) is 6.19. The highest BCUT2D eigenvalue weighted by Crippen LogP contribution is 2.66. The first-order chi connectivity index (χ1) is 13.6. The molecular formula is C24H40F3NO. The van der Waals surface area contributed by atoms with Crippen LogP contribution in [0.2, 0.25) is 0 Å².